The summed E-state index contributed by atoms with van der Waals surface area (Å²) in [7, 11) is 0. The molecule has 0 aromatic rings. The van der Waals surface area contributed by atoms with E-state index in [2.05, 4.69) is 18.7 Å². The second-order valence-corrected chi connectivity index (χ2v) is 4.18. The molecular formula is C15H32N2OW. The number of unbranched alkanes of at least 4 members (excludes halogenated alkanes) is 1. The van der Waals surface area contributed by atoms with Crippen LogP contribution in [0, 0.1) is 14.4 Å². The van der Waals surface area contributed by atoms with Crippen molar-refractivity contribution in [1.82, 2.24) is 9.80 Å². The van der Waals surface area contributed by atoms with Crippen LogP contribution in [0.25, 0.3) is 0 Å². The molecule has 3 nitrogen and oxygen atoms in total. The van der Waals surface area contributed by atoms with E-state index in [-0.39, 0.29) is 34.4 Å². The van der Waals surface area contributed by atoms with Crippen LogP contribution >= 0.6 is 0 Å². The Labute approximate surface area is 135 Å². The number of hydrogen-bond donors (Lipinski definition) is 0. The third kappa shape index (κ3) is 10.6. The van der Waals surface area contributed by atoms with E-state index >= 15 is 0 Å². The van der Waals surface area contributed by atoms with Crippen molar-refractivity contribution in [2.24, 2.45) is 0 Å². The summed E-state index contributed by atoms with van der Waals surface area (Å²) < 4.78 is 0. The molecule has 114 valence electrons. The maximum atomic E-state index is 11.6. The topological polar surface area (TPSA) is 23.6 Å². The Hall–Kier alpha value is 0.118. The maximum absolute atomic E-state index is 11.6. The van der Waals surface area contributed by atoms with E-state index in [1.165, 1.54) is 19.4 Å². The first-order valence-electron chi connectivity index (χ1n) is 7.07. The molecule has 0 spiro atoms. The van der Waals surface area contributed by atoms with Gasteiger partial charge in [0.15, 0.2) is 0 Å². The molecule has 1 amide bonds. The summed E-state index contributed by atoms with van der Waals surface area (Å²) in [6, 6.07) is 0. The van der Waals surface area contributed by atoms with Gasteiger partial charge in [0.25, 0.3) is 0 Å². The van der Waals surface area contributed by atoms with Crippen molar-refractivity contribution >= 4 is 5.91 Å². The van der Waals surface area contributed by atoms with Gasteiger partial charge in [-0.25, -0.2) is 0 Å². The Morgan fingerprint density at radius 1 is 1.16 bits per heavy atom. The zero-order valence-corrected chi connectivity index (χ0v) is 16.2. The van der Waals surface area contributed by atoms with Crippen LogP contribution in [0.15, 0.2) is 0 Å². The van der Waals surface area contributed by atoms with Gasteiger partial charge in [0, 0.05) is 26.2 Å². The monoisotopic (exact) mass is 440 g/mol. The molecule has 0 aromatic heterocycles. The van der Waals surface area contributed by atoms with Crippen molar-refractivity contribution in [3.8, 4) is 0 Å². The molecule has 1 aliphatic rings. The summed E-state index contributed by atoms with van der Waals surface area (Å²) in [5.41, 5.74) is 0. The molecule has 0 aromatic carbocycles. The van der Waals surface area contributed by atoms with Gasteiger partial charge >= 0.3 is 21.1 Å². The van der Waals surface area contributed by atoms with Crippen molar-refractivity contribution in [3.05, 3.63) is 14.4 Å². The third-order valence-electron chi connectivity index (χ3n) is 2.94. The Morgan fingerprint density at radius 2 is 1.68 bits per heavy atom. The minimum absolute atomic E-state index is 0. The molecular weight excluding hydrogens is 408 g/mol. The molecule has 0 unspecified atom stereocenters. The first kappa shape index (κ1) is 24.2. The molecule has 0 radical (unpaired) electrons. The fraction of sp³-hybridized carbons (Fsp3) is 0.800. The van der Waals surface area contributed by atoms with Gasteiger partial charge in [-0.15, -0.1) is 0 Å². The minimum Gasteiger partial charge on any atom is -0.358 e. The van der Waals surface area contributed by atoms with Gasteiger partial charge in [-0.1, -0.05) is 27.2 Å². The Morgan fingerprint density at radius 3 is 2.11 bits per heavy atom. The number of hydrogen-bond acceptors (Lipinski definition) is 2. The van der Waals surface area contributed by atoms with Gasteiger partial charge in [-0.2, -0.15) is 6.42 Å². The molecule has 1 saturated heterocycles. The van der Waals surface area contributed by atoms with E-state index in [9.17, 15) is 4.79 Å². The van der Waals surface area contributed by atoms with Crippen molar-refractivity contribution in [3.63, 3.8) is 0 Å². The smallest absolute Gasteiger partial charge is 0.358 e. The number of rotatable bonds is 5. The molecule has 0 saturated carbocycles. The largest absolute Gasteiger partial charge is 2.00 e. The Balaban J connectivity index is -0.000000609. The van der Waals surface area contributed by atoms with Crippen LogP contribution in [0.3, 0.4) is 0 Å². The average Bonchev–Trinajstić information content (AvgIpc) is 2.39. The molecule has 1 rings (SSSR count). The van der Waals surface area contributed by atoms with Crippen molar-refractivity contribution in [2.45, 2.75) is 46.5 Å². The van der Waals surface area contributed by atoms with Crippen molar-refractivity contribution in [1.29, 1.82) is 0 Å². The van der Waals surface area contributed by atoms with Gasteiger partial charge in [0.1, 0.15) is 0 Å². The van der Waals surface area contributed by atoms with Gasteiger partial charge in [-0.05, 0) is 19.4 Å². The van der Waals surface area contributed by atoms with Gasteiger partial charge in [-0.3, -0.25) is 9.69 Å². The van der Waals surface area contributed by atoms with Crippen LogP contribution in [-0.4, -0.2) is 48.4 Å². The van der Waals surface area contributed by atoms with Crippen LogP contribution in [0.1, 0.15) is 46.5 Å². The van der Waals surface area contributed by atoms with Crippen LogP contribution in [0.5, 0.6) is 0 Å². The van der Waals surface area contributed by atoms with Gasteiger partial charge in [0.2, 0.25) is 5.91 Å². The van der Waals surface area contributed by atoms with Crippen LogP contribution in [0.4, 0.5) is 0 Å². The number of carbonyl (C=O) groups is 1. The number of amides is 1. The summed E-state index contributed by atoms with van der Waals surface area (Å²) in [5, 5.41) is 0. The first-order chi connectivity index (χ1) is 8.27. The van der Waals surface area contributed by atoms with Gasteiger partial charge < -0.3 is 19.3 Å². The average molecular weight is 440 g/mol. The van der Waals surface area contributed by atoms with Crippen molar-refractivity contribution in [2.75, 3.05) is 32.7 Å². The van der Waals surface area contributed by atoms with E-state index in [0.717, 1.165) is 32.6 Å². The molecule has 1 heterocycles. The summed E-state index contributed by atoms with van der Waals surface area (Å²) in [5.74, 6) is 0.278. The number of piperazine rings is 1. The maximum Gasteiger partial charge on any atom is 2.00 e. The van der Waals surface area contributed by atoms with Crippen LogP contribution in [-0.2, 0) is 25.9 Å². The summed E-state index contributed by atoms with van der Waals surface area (Å²) in [4.78, 5) is 16.0. The molecule has 1 fully saturated rings. The molecule has 0 aliphatic carbocycles. The molecule has 1 aliphatic heterocycles. The number of carbonyl (C=O) groups excluding carboxylic acids is 1. The fourth-order valence-corrected chi connectivity index (χ4v) is 1.91. The van der Waals surface area contributed by atoms with E-state index in [0.29, 0.717) is 6.42 Å². The molecule has 0 N–H and O–H groups in total. The third-order valence-corrected chi connectivity index (χ3v) is 2.94. The van der Waals surface area contributed by atoms with E-state index in [1.54, 1.807) is 0 Å². The van der Waals surface area contributed by atoms with Crippen LogP contribution in [0.2, 0.25) is 0 Å². The Bertz CT molecular complexity index is 193. The normalized spacial score (nSPS) is 14.6. The van der Waals surface area contributed by atoms with Crippen LogP contribution < -0.4 is 0 Å². The van der Waals surface area contributed by atoms with E-state index < -0.39 is 0 Å². The molecule has 4 heteroatoms. The quantitative estimate of drug-likeness (QED) is 0.614. The zero-order valence-electron chi connectivity index (χ0n) is 13.3. The predicted octanol–water partition coefficient (Wildman–Crippen LogP) is 3.02. The second-order valence-electron chi connectivity index (χ2n) is 4.18. The van der Waals surface area contributed by atoms with Crippen molar-refractivity contribution < 1.29 is 25.9 Å². The zero-order chi connectivity index (χ0) is 13.1. The van der Waals surface area contributed by atoms with E-state index in [1.807, 2.05) is 18.7 Å². The second kappa shape index (κ2) is 16.2. The fourth-order valence-electron chi connectivity index (χ4n) is 1.91. The molecule has 0 atom stereocenters. The summed E-state index contributed by atoms with van der Waals surface area (Å²) in [6.45, 7) is 15.0. The van der Waals surface area contributed by atoms with E-state index in [4.69, 9.17) is 0 Å². The first-order valence-corrected chi connectivity index (χ1v) is 7.07. The number of nitrogens with zero attached hydrogens (tertiary/aromatic N) is 2. The summed E-state index contributed by atoms with van der Waals surface area (Å²) >= 11 is 0. The predicted molar refractivity (Wildman–Crippen MR) is 80.3 cm³/mol. The minimum atomic E-state index is 0. The molecule has 19 heavy (non-hydrogen) atoms. The SMILES string of the molecule is CC.[CH2-]CCC(=O)N1CCN(CCCC)CC1.[CH3-].[W+2]. The van der Waals surface area contributed by atoms with Gasteiger partial charge in [0.05, 0.1) is 0 Å². The standard InChI is InChI=1S/C12H23N2O.C2H6.CH3.W/c1-3-5-7-13-8-10-14(11-9-13)12(15)6-4-2;1-2;;/h2-11H2,1H3;1-2H3;1H3;/q-1;;-1;+2. The summed E-state index contributed by atoms with van der Waals surface area (Å²) in [6.07, 6.45) is 3.84. The Kier molecular flexibility index (Phi) is 20.6. The molecule has 0 bridgehead atoms.